The van der Waals surface area contributed by atoms with Crippen LogP contribution in [-0.4, -0.2) is 0 Å². The predicted octanol–water partition coefficient (Wildman–Crippen LogP) is 16.4. The smallest absolute Gasteiger partial charge is 0.0546 e. The lowest BCUT2D eigenvalue weighted by molar-refractivity contribution is 0.660. The predicted molar refractivity (Wildman–Crippen MR) is 255 cm³/mol. The Morgan fingerprint density at radius 3 is 1.48 bits per heavy atom. The van der Waals surface area contributed by atoms with Gasteiger partial charge in [-0.1, -0.05) is 208 Å². The molecule has 0 aliphatic heterocycles. The molecule has 0 spiro atoms. The van der Waals surface area contributed by atoms with E-state index in [9.17, 15) is 0 Å². The molecular weight excluding hydrogens is 723 g/mol. The molecule has 60 heavy (non-hydrogen) atoms. The van der Waals surface area contributed by atoms with Crippen molar-refractivity contribution in [3.05, 3.63) is 236 Å². The van der Waals surface area contributed by atoms with Crippen molar-refractivity contribution in [1.29, 1.82) is 0 Å². The zero-order chi connectivity index (χ0) is 40.2. The standard InChI is InChI=1S/C59H43N/c1-59(2)54-24-14-13-23-52(54)53-37-35-48(39-55(53)59)60(56-38-32-43-16-10-12-22-50(43)58(56)46-19-7-4-8-20-46)47-33-29-41(30-34-47)40-25-27-44(28-26-40)51-36-31-42-15-9-11-21-49(42)57(51)45-17-5-3-6-18-45/h3-39H,1-2H3. The van der Waals surface area contributed by atoms with Crippen molar-refractivity contribution >= 4 is 38.6 Å². The van der Waals surface area contributed by atoms with Gasteiger partial charge in [0.05, 0.1) is 5.69 Å². The van der Waals surface area contributed by atoms with E-state index in [0.29, 0.717) is 0 Å². The molecule has 0 fully saturated rings. The summed E-state index contributed by atoms with van der Waals surface area (Å²) in [6.07, 6.45) is 0. The summed E-state index contributed by atoms with van der Waals surface area (Å²) in [4.78, 5) is 2.46. The number of benzene rings is 10. The van der Waals surface area contributed by atoms with Crippen LogP contribution in [0.2, 0.25) is 0 Å². The van der Waals surface area contributed by atoms with Gasteiger partial charge in [-0.05, 0) is 113 Å². The van der Waals surface area contributed by atoms with Gasteiger partial charge in [0.25, 0.3) is 0 Å². The van der Waals surface area contributed by atoms with E-state index in [0.717, 1.165) is 17.1 Å². The summed E-state index contributed by atoms with van der Waals surface area (Å²) in [6, 6.07) is 82.4. The van der Waals surface area contributed by atoms with Gasteiger partial charge in [0.2, 0.25) is 0 Å². The zero-order valence-electron chi connectivity index (χ0n) is 33.8. The summed E-state index contributed by atoms with van der Waals surface area (Å²) in [5, 5.41) is 4.98. The largest absolute Gasteiger partial charge is 0.310 e. The van der Waals surface area contributed by atoms with Crippen LogP contribution in [0, 0.1) is 0 Å². The summed E-state index contributed by atoms with van der Waals surface area (Å²) in [6.45, 7) is 4.72. The Bertz CT molecular complexity index is 3200. The van der Waals surface area contributed by atoms with Crippen molar-refractivity contribution in [3.63, 3.8) is 0 Å². The number of hydrogen-bond acceptors (Lipinski definition) is 1. The van der Waals surface area contributed by atoms with Gasteiger partial charge in [0, 0.05) is 22.4 Å². The molecule has 1 nitrogen and oxygen atoms in total. The first-order chi connectivity index (χ1) is 29.5. The molecular formula is C59H43N. The summed E-state index contributed by atoms with van der Waals surface area (Å²) in [5.74, 6) is 0. The third-order valence-corrected chi connectivity index (χ3v) is 12.7. The normalized spacial score (nSPS) is 12.6. The quantitative estimate of drug-likeness (QED) is 0.156. The molecule has 1 aliphatic rings. The fourth-order valence-corrected chi connectivity index (χ4v) is 9.69. The van der Waals surface area contributed by atoms with Crippen molar-refractivity contribution in [1.82, 2.24) is 0 Å². The molecule has 0 saturated heterocycles. The Labute approximate surface area is 352 Å². The molecule has 0 atom stereocenters. The van der Waals surface area contributed by atoms with E-state index < -0.39 is 0 Å². The van der Waals surface area contributed by atoms with Gasteiger partial charge in [0.1, 0.15) is 0 Å². The maximum absolute atomic E-state index is 2.46. The van der Waals surface area contributed by atoms with Gasteiger partial charge >= 0.3 is 0 Å². The highest BCUT2D eigenvalue weighted by Crippen LogP contribution is 2.52. The second-order valence-electron chi connectivity index (χ2n) is 16.5. The summed E-state index contributed by atoms with van der Waals surface area (Å²) < 4.78 is 0. The fourth-order valence-electron chi connectivity index (χ4n) is 9.69. The van der Waals surface area contributed by atoms with Crippen LogP contribution in [0.25, 0.3) is 77.2 Å². The molecule has 0 amide bonds. The van der Waals surface area contributed by atoms with E-state index in [-0.39, 0.29) is 5.41 Å². The minimum Gasteiger partial charge on any atom is -0.310 e. The summed E-state index contributed by atoms with van der Waals surface area (Å²) in [5.41, 5.74) is 18.4. The maximum atomic E-state index is 2.46. The Balaban J connectivity index is 1.03. The number of hydrogen-bond donors (Lipinski definition) is 0. The maximum Gasteiger partial charge on any atom is 0.0546 e. The lowest BCUT2D eigenvalue weighted by Gasteiger charge is -2.30. The molecule has 0 unspecified atom stereocenters. The molecule has 10 aromatic rings. The summed E-state index contributed by atoms with van der Waals surface area (Å²) >= 11 is 0. The summed E-state index contributed by atoms with van der Waals surface area (Å²) in [7, 11) is 0. The van der Waals surface area contributed by atoms with E-state index in [1.165, 1.54) is 88.3 Å². The first kappa shape index (κ1) is 35.7. The Morgan fingerprint density at radius 1 is 0.317 bits per heavy atom. The molecule has 0 heterocycles. The average Bonchev–Trinajstić information content (AvgIpc) is 3.54. The third-order valence-electron chi connectivity index (χ3n) is 12.7. The molecule has 11 rings (SSSR count). The Hall–Kier alpha value is -7.48. The monoisotopic (exact) mass is 765 g/mol. The van der Waals surface area contributed by atoms with Crippen LogP contribution in [0.1, 0.15) is 25.0 Å². The van der Waals surface area contributed by atoms with Gasteiger partial charge in [-0.25, -0.2) is 0 Å². The highest BCUT2D eigenvalue weighted by molar-refractivity contribution is 6.06. The molecule has 0 radical (unpaired) electrons. The Morgan fingerprint density at radius 2 is 0.800 bits per heavy atom. The highest BCUT2D eigenvalue weighted by atomic mass is 15.1. The number of fused-ring (bicyclic) bond motifs is 5. The van der Waals surface area contributed by atoms with Crippen LogP contribution >= 0.6 is 0 Å². The van der Waals surface area contributed by atoms with Crippen LogP contribution in [-0.2, 0) is 5.41 Å². The van der Waals surface area contributed by atoms with Crippen LogP contribution in [0.4, 0.5) is 17.1 Å². The van der Waals surface area contributed by atoms with E-state index in [1.807, 2.05) is 0 Å². The van der Waals surface area contributed by atoms with Gasteiger partial charge in [-0.2, -0.15) is 0 Å². The number of rotatable bonds is 7. The van der Waals surface area contributed by atoms with E-state index in [4.69, 9.17) is 0 Å². The van der Waals surface area contributed by atoms with Crippen LogP contribution in [0.5, 0.6) is 0 Å². The molecule has 0 saturated carbocycles. The second-order valence-corrected chi connectivity index (χ2v) is 16.5. The topological polar surface area (TPSA) is 3.24 Å². The fraction of sp³-hybridized carbons (Fsp3) is 0.0508. The molecule has 0 bridgehead atoms. The van der Waals surface area contributed by atoms with Crippen molar-refractivity contribution in [2.24, 2.45) is 0 Å². The molecule has 284 valence electrons. The van der Waals surface area contributed by atoms with Crippen molar-refractivity contribution < 1.29 is 0 Å². The first-order valence-electron chi connectivity index (χ1n) is 20.9. The Kier molecular flexibility index (Phi) is 8.57. The van der Waals surface area contributed by atoms with E-state index in [1.54, 1.807) is 0 Å². The molecule has 1 aliphatic carbocycles. The van der Waals surface area contributed by atoms with Crippen LogP contribution < -0.4 is 4.90 Å². The van der Waals surface area contributed by atoms with Crippen LogP contribution in [0.3, 0.4) is 0 Å². The van der Waals surface area contributed by atoms with Crippen molar-refractivity contribution in [2.45, 2.75) is 19.3 Å². The van der Waals surface area contributed by atoms with Gasteiger partial charge < -0.3 is 4.90 Å². The molecule has 10 aromatic carbocycles. The van der Waals surface area contributed by atoms with Gasteiger partial charge in [-0.15, -0.1) is 0 Å². The van der Waals surface area contributed by atoms with E-state index >= 15 is 0 Å². The van der Waals surface area contributed by atoms with Crippen molar-refractivity contribution in [2.75, 3.05) is 4.90 Å². The lowest BCUT2D eigenvalue weighted by Crippen LogP contribution is -2.17. The van der Waals surface area contributed by atoms with Crippen molar-refractivity contribution in [3.8, 4) is 55.6 Å². The number of anilines is 3. The first-order valence-corrected chi connectivity index (χ1v) is 20.9. The van der Waals surface area contributed by atoms with Gasteiger partial charge in [0.15, 0.2) is 0 Å². The minimum absolute atomic E-state index is 0.121. The third kappa shape index (κ3) is 5.93. The van der Waals surface area contributed by atoms with Crippen LogP contribution in [0.15, 0.2) is 224 Å². The lowest BCUT2D eigenvalue weighted by atomic mass is 9.82. The second kappa shape index (κ2) is 14.4. The van der Waals surface area contributed by atoms with E-state index in [2.05, 4.69) is 243 Å². The average molecular weight is 766 g/mol. The van der Waals surface area contributed by atoms with Gasteiger partial charge in [-0.3, -0.25) is 0 Å². The molecule has 0 aromatic heterocycles. The minimum atomic E-state index is -0.121. The SMILES string of the molecule is CC1(C)c2ccccc2-c2ccc(N(c3ccc(-c4ccc(-c5ccc6ccccc6c5-c5ccccc5)cc4)cc3)c3ccc4ccccc4c3-c3ccccc3)cc21. The molecule has 1 heteroatoms. The highest BCUT2D eigenvalue weighted by Gasteiger charge is 2.36. The molecule has 0 N–H and O–H groups in total. The number of nitrogens with zero attached hydrogens (tertiary/aromatic N) is 1. The zero-order valence-corrected chi connectivity index (χ0v) is 33.8.